The van der Waals surface area contributed by atoms with Gasteiger partial charge in [-0.1, -0.05) is 6.07 Å². The van der Waals surface area contributed by atoms with Gasteiger partial charge in [0.25, 0.3) is 0 Å². The van der Waals surface area contributed by atoms with E-state index >= 15 is 0 Å². The van der Waals surface area contributed by atoms with Crippen molar-refractivity contribution >= 4 is 35.0 Å². The SMILES string of the molecule is CC(=O)c1c(C)[nH]c(C(=O)[C@H](C)OC(=O)c2cccc(N3C(=O)CCC3=O)c2)c1C. The molecule has 1 aromatic heterocycles. The van der Waals surface area contributed by atoms with Crippen LogP contribution in [0.4, 0.5) is 5.69 Å². The van der Waals surface area contributed by atoms with Crippen molar-refractivity contribution in [1.82, 2.24) is 4.98 Å². The highest BCUT2D eigenvalue weighted by Crippen LogP contribution is 2.24. The standard InChI is InChI=1S/C22H22N2O6/c1-11-19(13(3)25)12(2)23-20(11)21(28)14(4)30-22(29)15-6-5-7-16(10-15)24-17(26)8-9-18(24)27/h5-7,10,14,23H,8-9H2,1-4H3/t14-/m0/s1. The van der Waals surface area contributed by atoms with Crippen molar-refractivity contribution in [2.24, 2.45) is 0 Å². The molecule has 2 amide bonds. The van der Waals surface area contributed by atoms with Crippen molar-refractivity contribution in [1.29, 1.82) is 0 Å². The molecule has 1 atom stereocenters. The molecule has 2 heterocycles. The average molecular weight is 410 g/mol. The molecule has 0 unspecified atom stereocenters. The van der Waals surface area contributed by atoms with Crippen LogP contribution in [0.1, 0.15) is 69.2 Å². The molecule has 1 aliphatic rings. The number of esters is 1. The molecule has 1 N–H and O–H groups in total. The van der Waals surface area contributed by atoms with Crippen molar-refractivity contribution in [2.75, 3.05) is 4.90 Å². The number of ether oxygens (including phenoxy) is 1. The number of hydrogen-bond donors (Lipinski definition) is 1. The van der Waals surface area contributed by atoms with Crippen LogP contribution in [0.3, 0.4) is 0 Å². The average Bonchev–Trinajstić information content (AvgIpc) is 3.18. The van der Waals surface area contributed by atoms with Crippen molar-refractivity contribution in [3.63, 3.8) is 0 Å². The van der Waals surface area contributed by atoms with E-state index in [0.29, 0.717) is 16.8 Å². The van der Waals surface area contributed by atoms with Gasteiger partial charge in [0, 0.05) is 24.1 Å². The Hall–Kier alpha value is -3.55. The number of nitrogens with zero attached hydrogens (tertiary/aromatic N) is 1. The van der Waals surface area contributed by atoms with Crippen molar-refractivity contribution in [2.45, 2.75) is 46.6 Å². The van der Waals surface area contributed by atoms with Gasteiger partial charge in [0.2, 0.25) is 17.6 Å². The smallest absolute Gasteiger partial charge is 0.338 e. The summed E-state index contributed by atoms with van der Waals surface area (Å²) in [6.45, 7) is 6.23. The van der Waals surface area contributed by atoms with E-state index in [4.69, 9.17) is 4.74 Å². The Morgan fingerprint density at radius 2 is 1.73 bits per heavy atom. The summed E-state index contributed by atoms with van der Waals surface area (Å²) in [7, 11) is 0. The van der Waals surface area contributed by atoms with Gasteiger partial charge < -0.3 is 9.72 Å². The summed E-state index contributed by atoms with van der Waals surface area (Å²) in [6.07, 6.45) is -0.834. The number of H-pyrrole nitrogens is 1. The van der Waals surface area contributed by atoms with Crippen molar-refractivity contribution < 1.29 is 28.7 Å². The number of anilines is 1. The van der Waals surface area contributed by atoms with Crippen LogP contribution in [0.5, 0.6) is 0 Å². The zero-order valence-corrected chi connectivity index (χ0v) is 17.2. The maximum Gasteiger partial charge on any atom is 0.338 e. The third-order valence-corrected chi connectivity index (χ3v) is 5.08. The summed E-state index contributed by atoms with van der Waals surface area (Å²) >= 11 is 0. The van der Waals surface area contributed by atoms with E-state index in [-0.39, 0.29) is 47.4 Å². The number of ketones is 2. The molecule has 1 fully saturated rings. The second kappa shape index (κ2) is 8.06. The van der Waals surface area contributed by atoms with E-state index in [1.54, 1.807) is 19.9 Å². The molecule has 2 aromatic rings. The highest BCUT2D eigenvalue weighted by molar-refractivity contribution is 6.20. The number of carbonyl (C=O) groups is 5. The molecular weight excluding hydrogens is 388 g/mol. The lowest BCUT2D eigenvalue weighted by Gasteiger charge is -2.16. The Balaban J connectivity index is 1.78. The van der Waals surface area contributed by atoms with Gasteiger partial charge >= 0.3 is 5.97 Å². The molecule has 0 radical (unpaired) electrons. The van der Waals surface area contributed by atoms with Gasteiger partial charge in [-0.15, -0.1) is 0 Å². The van der Waals surface area contributed by atoms with Gasteiger partial charge in [0.05, 0.1) is 16.9 Å². The van der Waals surface area contributed by atoms with E-state index in [1.165, 1.54) is 32.0 Å². The summed E-state index contributed by atoms with van der Waals surface area (Å²) in [5, 5.41) is 0. The molecule has 156 valence electrons. The molecule has 30 heavy (non-hydrogen) atoms. The Kier molecular flexibility index (Phi) is 5.69. The maximum atomic E-state index is 12.8. The van der Waals surface area contributed by atoms with E-state index in [0.717, 1.165) is 4.90 Å². The summed E-state index contributed by atoms with van der Waals surface area (Å²) in [5.74, 6) is -2.03. The number of carbonyl (C=O) groups excluding carboxylic acids is 5. The molecule has 1 aromatic carbocycles. The molecule has 8 nitrogen and oxygen atoms in total. The van der Waals surface area contributed by atoms with Crippen LogP contribution < -0.4 is 4.90 Å². The summed E-state index contributed by atoms with van der Waals surface area (Å²) in [4.78, 5) is 64.9. The Morgan fingerprint density at radius 3 is 2.30 bits per heavy atom. The molecule has 0 aliphatic carbocycles. The van der Waals surface area contributed by atoms with Crippen LogP contribution in [0.25, 0.3) is 0 Å². The first-order chi connectivity index (χ1) is 14.1. The maximum absolute atomic E-state index is 12.8. The van der Waals surface area contributed by atoms with Crippen LogP contribution in [0, 0.1) is 13.8 Å². The van der Waals surface area contributed by atoms with Gasteiger partial charge in [-0.3, -0.25) is 24.1 Å². The van der Waals surface area contributed by atoms with Crippen LogP contribution in [-0.2, 0) is 14.3 Å². The van der Waals surface area contributed by atoms with E-state index in [1.807, 2.05) is 0 Å². The van der Waals surface area contributed by atoms with E-state index in [9.17, 15) is 24.0 Å². The first kappa shape index (κ1) is 21.2. The number of imide groups is 1. The summed E-state index contributed by atoms with van der Waals surface area (Å²) in [6, 6.07) is 5.96. The fourth-order valence-corrected chi connectivity index (χ4v) is 3.65. The lowest BCUT2D eigenvalue weighted by atomic mass is 10.0. The molecule has 8 heteroatoms. The lowest BCUT2D eigenvalue weighted by Crippen LogP contribution is -2.29. The predicted octanol–water partition coefficient (Wildman–Crippen LogP) is 2.92. The van der Waals surface area contributed by atoms with Crippen molar-refractivity contribution in [3.8, 4) is 0 Å². The first-order valence-electron chi connectivity index (χ1n) is 9.53. The minimum absolute atomic E-state index is 0.114. The number of aryl methyl sites for hydroxylation is 1. The quantitative estimate of drug-likeness (QED) is 0.445. The fraction of sp³-hybridized carbons (Fsp3) is 0.318. The molecule has 0 bridgehead atoms. The summed E-state index contributed by atoms with van der Waals surface area (Å²) < 4.78 is 5.31. The Bertz CT molecular complexity index is 1070. The topological polar surface area (TPSA) is 114 Å². The summed E-state index contributed by atoms with van der Waals surface area (Å²) in [5.41, 5.74) is 2.17. The Labute approximate surface area is 173 Å². The Morgan fingerprint density at radius 1 is 1.10 bits per heavy atom. The van der Waals surface area contributed by atoms with Crippen LogP contribution in [0.15, 0.2) is 24.3 Å². The number of rotatable bonds is 6. The third kappa shape index (κ3) is 3.80. The number of benzene rings is 1. The third-order valence-electron chi connectivity index (χ3n) is 5.08. The van der Waals surface area contributed by atoms with Crippen LogP contribution in [-0.4, -0.2) is 40.4 Å². The van der Waals surface area contributed by atoms with Gasteiger partial charge in [-0.05, 0) is 51.5 Å². The molecule has 0 spiro atoms. The zero-order valence-electron chi connectivity index (χ0n) is 17.2. The van der Waals surface area contributed by atoms with Gasteiger partial charge in [-0.25, -0.2) is 4.79 Å². The number of amides is 2. The highest BCUT2D eigenvalue weighted by Gasteiger charge is 2.31. The molecular formula is C22H22N2O6. The zero-order chi connectivity index (χ0) is 22.2. The van der Waals surface area contributed by atoms with E-state index in [2.05, 4.69) is 4.98 Å². The highest BCUT2D eigenvalue weighted by atomic mass is 16.5. The molecule has 0 saturated carbocycles. The second-order valence-corrected chi connectivity index (χ2v) is 7.27. The fourth-order valence-electron chi connectivity index (χ4n) is 3.65. The van der Waals surface area contributed by atoms with Gasteiger partial charge in [0.15, 0.2) is 11.9 Å². The molecule has 1 saturated heterocycles. The largest absolute Gasteiger partial charge is 0.451 e. The number of aromatic amines is 1. The molecule has 1 aliphatic heterocycles. The number of aromatic nitrogens is 1. The van der Waals surface area contributed by atoms with Gasteiger partial charge in [0.1, 0.15) is 0 Å². The van der Waals surface area contributed by atoms with E-state index < -0.39 is 17.9 Å². The minimum Gasteiger partial charge on any atom is -0.451 e. The van der Waals surface area contributed by atoms with Crippen LogP contribution in [0.2, 0.25) is 0 Å². The molecule has 3 rings (SSSR count). The number of nitrogens with one attached hydrogen (secondary N) is 1. The number of Topliss-reactive ketones (excluding diaryl/α,β-unsaturated/α-hetero) is 2. The predicted molar refractivity (Wildman–Crippen MR) is 108 cm³/mol. The second-order valence-electron chi connectivity index (χ2n) is 7.27. The van der Waals surface area contributed by atoms with Crippen molar-refractivity contribution in [3.05, 3.63) is 52.3 Å². The number of hydrogen-bond acceptors (Lipinski definition) is 6. The minimum atomic E-state index is -1.10. The first-order valence-corrected chi connectivity index (χ1v) is 9.53. The lowest BCUT2D eigenvalue weighted by molar-refractivity contribution is -0.121. The normalized spacial score (nSPS) is 14.7. The monoisotopic (exact) mass is 410 g/mol. The van der Waals surface area contributed by atoms with Gasteiger partial charge in [-0.2, -0.15) is 0 Å². The van der Waals surface area contributed by atoms with Crippen LogP contribution >= 0.6 is 0 Å².